The fourth-order valence-corrected chi connectivity index (χ4v) is 2.99. The van der Waals surface area contributed by atoms with Crippen LogP contribution in [0.15, 0.2) is 72.8 Å². The molecule has 0 unspecified atom stereocenters. The van der Waals surface area contributed by atoms with Gasteiger partial charge >= 0.3 is 6.16 Å². The topological polar surface area (TPSA) is 84.9 Å². The Labute approximate surface area is 168 Å². The minimum Gasteiger partial charge on any atom is -0.497 e. The van der Waals surface area contributed by atoms with Crippen LogP contribution < -0.4 is 14.8 Å². The highest BCUT2D eigenvalue weighted by Crippen LogP contribution is 2.32. The monoisotopic (exact) mass is 391 g/mol. The summed E-state index contributed by atoms with van der Waals surface area (Å²) in [7, 11) is 1.60. The van der Waals surface area contributed by atoms with Gasteiger partial charge in [0.25, 0.3) is 0 Å². The zero-order valence-electron chi connectivity index (χ0n) is 15.9. The van der Waals surface area contributed by atoms with E-state index in [1.807, 2.05) is 54.6 Å². The van der Waals surface area contributed by atoms with Crippen LogP contribution in [-0.2, 0) is 17.8 Å². The third-order valence-electron chi connectivity index (χ3n) is 4.39. The van der Waals surface area contributed by atoms with Crippen molar-refractivity contribution in [2.24, 2.45) is 0 Å². The van der Waals surface area contributed by atoms with E-state index in [1.54, 1.807) is 25.3 Å². The fraction of sp³-hybridized carbons (Fsp3) is 0.130. The molecule has 6 heteroatoms. The van der Waals surface area contributed by atoms with Gasteiger partial charge in [-0.3, -0.25) is 4.79 Å². The van der Waals surface area contributed by atoms with Crippen LogP contribution >= 0.6 is 0 Å². The first-order valence-electron chi connectivity index (χ1n) is 9.04. The summed E-state index contributed by atoms with van der Waals surface area (Å²) < 4.78 is 10.0. The van der Waals surface area contributed by atoms with Crippen LogP contribution in [0, 0.1) is 0 Å². The van der Waals surface area contributed by atoms with E-state index in [0.29, 0.717) is 12.1 Å². The van der Waals surface area contributed by atoms with Crippen LogP contribution in [0.1, 0.15) is 11.1 Å². The van der Waals surface area contributed by atoms with Crippen LogP contribution in [-0.4, -0.2) is 24.3 Å². The molecule has 3 aromatic rings. The minimum absolute atomic E-state index is 0.111. The number of carboxylic acid groups (broad SMARTS) is 1. The molecule has 0 saturated heterocycles. The van der Waals surface area contributed by atoms with E-state index in [0.717, 1.165) is 22.4 Å². The maximum absolute atomic E-state index is 12.4. The lowest BCUT2D eigenvalue weighted by atomic mass is 9.98. The van der Waals surface area contributed by atoms with Gasteiger partial charge in [0.2, 0.25) is 5.91 Å². The molecule has 0 saturated carbocycles. The predicted octanol–water partition coefficient (Wildman–Crippen LogP) is 4.28. The Morgan fingerprint density at radius 2 is 1.55 bits per heavy atom. The number of methoxy groups -OCH3 is 1. The number of hydrogen-bond donors (Lipinski definition) is 2. The van der Waals surface area contributed by atoms with Crippen molar-refractivity contribution < 1.29 is 24.2 Å². The molecule has 0 aliphatic rings. The summed E-state index contributed by atoms with van der Waals surface area (Å²) in [6.07, 6.45) is -1.12. The van der Waals surface area contributed by atoms with Gasteiger partial charge in [-0.2, -0.15) is 0 Å². The Hall–Kier alpha value is -3.80. The first-order valence-corrected chi connectivity index (χ1v) is 9.04. The zero-order chi connectivity index (χ0) is 20.6. The van der Waals surface area contributed by atoms with Gasteiger partial charge in [0.05, 0.1) is 13.5 Å². The molecule has 0 spiro atoms. The Morgan fingerprint density at radius 3 is 2.24 bits per heavy atom. The fourth-order valence-electron chi connectivity index (χ4n) is 2.99. The molecule has 0 aliphatic heterocycles. The number of amides is 1. The molecule has 29 heavy (non-hydrogen) atoms. The van der Waals surface area contributed by atoms with Crippen LogP contribution in [0.4, 0.5) is 4.79 Å². The van der Waals surface area contributed by atoms with Gasteiger partial charge in [-0.25, -0.2) is 4.79 Å². The molecule has 0 radical (unpaired) electrons. The molecule has 0 aromatic heterocycles. The number of ether oxygens (including phenoxy) is 2. The number of rotatable bonds is 7. The summed E-state index contributed by atoms with van der Waals surface area (Å²) in [5, 5.41) is 11.9. The summed E-state index contributed by atoms with van der Waals surface area (Å²) in [4.78, 5) is 23.3. The molecule has 3 aromatic carbocycles. The Kier molecular flexibility index (Phi) is 6.47. The SMILES string of the molecule is COc1ccc(CC(=O)NCc2ccccc2-c2ccccc2OC(=O)O)cc1. The van der Waals surface area contributed by atoms with Gasteiger partial charge in [0.1, 0.15) is 11.5 Å². The summed E-state index contributed by atoms with van der Waals surface area (Å²) >= 11 is 0. The normalized spacial score (nSPS) is 10.2. The lowest BCUT2D eigenvalue weighted by Crippen LogP contribution is -2.24. The highest BCUT2D eigenvalue weighted by molar-refractivity contribution is 5.80. The van der Waals surface area contributed by atoms with Crippen LogP contribution in [0.5, 0.6) is 11.5 Å². The van der Waals surface area contributed by atoms with Crippen molar-refractivity contribution in [2.75, 3.05) is 7.11 Å². The molecule has 3 rings (SSSR count). The standard InChI is InChI=1S/C23H21NO5/c1-28-18-12-10-16(11-13-18)14-22(25)24-15-17-6-2-3-7-19(17)20-8-4-5-9-21(20)29-23(26)27/h2-13H,14-15H2,1H3,(H,24,25)(H,26,27). The third-order valence-corrected chi connectivity index (χ3v) is 4.39. The van der Waals surface area contributed by atoms with Gasteiger partial charge < -0.3 is 19.9 Å². The molecule has 0 fully saturated rings. The van der Waals surface area contributed by atoms with E-state index in [4.69, 9.17) is 14.6 Å². The number of nitrogens with one attached hydrogen (secondary N) is 1. The molecule has 1 amide bonds. The molecule has 6 nitrogen and oxygen atoms in total. The van der Waals surface area contributed by atoms with Crippen molar-refractivity contribution in [3.05, 3.63) is 83.9 Å². The Morgan fingerprint density at radius 1 is 0.897 bits per heavy atom. The summed E-state index contributed by atoms with van der Waals surface area (Å²) in [5.41, 5.74) is 3.19. The van der Waals surface area contributed by atoms with E-state index >= 15 is 0 Å². The Bertz CT molecular complexity index is 998. The lowest BCUT2D eigenvalue weighted by Gasteiger charge is -2.13. The number of hydrogen-bond acceptors (Lipinski definition) is 4. The minimum atomic E-state index is -1.37. The zero-order valence-corrected chi connectivity index (χ0v) is 15.9. The number of para-hydroxylation sites is 1. The van der Waals surface area contributed by atoms with Gasteiger partial charge in [-0.05, 0) is 34.9 Å². The van der Waals surface area contributed by atoms with Crippen LogP contribution in [0.3, 0.4) is 0 Å². The van der Waals surface area contributed by atoms with Gasteiger partial charge in [0.15, 0.2) is 0 Å². The molecule has 2 N–H and O–H groups in total. The van der Waals surface area contributed by atoms with E-state index < -0.39 is 6.16 Å². The average Bonchev–Trinajstić information content (AvgIpc) is 2.73. The molecule has 0 bridgehead atoms. The van der Waals surface area contributed by atoms with Crippen molar-refractivity contribution in [3.8, 4) is 22.6 Å². The summed E-state index contributed by atoms with van der Waals surface area (Å²) in [6.45, 7) is 0.312. The summed E-state index contributed by atoms with van der Waals surface area (Å²) in [6, 6.07) is 21.7. The largest absolute Gasteiger partial charge is 0.511 e. The van der Waals surface area contributed by atoms with Gasteiger partial charge in [-0.1, -0.05) is 54.6 Å². The second-order valence-electron chi connectivity index (χ2n) is 6.32. The Balaban J connectivity index is 1.73. The summed E-state index contributed by atoms with van der Waals surface area (Å²) in [5.74, 6) is 0.877. The van der Waals surface area contributed by atoms with Crippen molar-refractivity contribution in [3.63, 3.8) is 0 Å². The average molecular weight is 391 g/mol. The van der Waals surface area contributed by atoms with Crippen molar-refractivity contribution in [1.29, 1.82) is 0 Å². The second-order valence-corrected chi connectivity index (χ2v) is 6.32. The maximum atomic E-state index is 12.4. The predicted molar refractivity (Wildman–Crippen MR) is 109 cm³/mol. The van der Waals surface area contributed by atoms with Gasteiger partial charge in [0, 0.05) is 12.1 Å². The smallest absolute Gasteiger partial charge is 0.497 e. The van der Waals surface area contributed by atoms with E-state index in [-0.39, 0.29) is 18.1 Å². The molecular formula is C23H21NO5. The quantitative estimate of drug-likeness (QED) is 0.464. The lowest BCUT2D eigenvalue weighted by molar-refractivity contribution is -0.120. The number of benzene rings is 3. The maximum Gasteiger partial charge on any atom is 0.511 e. The third kappa shape index (κ3) is 5.35. The van der Waals surface area contributed by atoms with Crippen LogP contribution in [0.25, 0.3) is 11.1 Å². The van der Waals surface area contributed by atoms with E-state index in [1.165, 1.54) is 0 Å². The number of carbonyl (C=O) groups excluding carboxylic acids is 1. The molecule has 0 aliphatic carbocycles. The van der Waals surface area contributed by atoms with E-state index in [9.17, 15) is 9.59 Å². The van der Waals surface area contributed by atoms with Crippen molar-refractivity contribution in [1.82, 2.24) is 5.32 Å². The molecule has 0 heterocycles. The molecule has 0 atom stereocenters. The van der Waals surface area contributed by atoms with Crippen LogP contribution in [0.2, 0.25) is 0 Å². The molecular weight excluding hydrogens is 370 g/mol. The second kappa shape index (κ2) is 9.41. The van der Waals surface area contributed by atoms with Gasteiger partial charge in [-0.15, -0.1) is 0 Å². The van der Waals surface area contributed by atoms with E-state index in [2.05, 4.69) is 5.32 Å². The van der Waals surface area contributed by atoms with Crippen molar-refractivity contribution >= 4 is 12.1 Å². The first kappa shape index (κ1) is 19.9. The highest BCUT2D eigenvalue weighted by atomic mass is 16.7. The highest BCUT2D eigenvalue weighted by Gasteiger charge is 2.13. The molecule has 148 valence electrons. The van der Waals surface area contributed by atoms with Crippen molar-refractivity contribution in [2.45, 2.75) is 13.0 Å². The number of carbonyl (C=O) groups is 2. The first-order chi connectivity index (χ1) is 14.1.